The molecule has 0 bridgehead atoms. The number of carbonyl (C=O) groups excluding carboxylic acids is 2. The van der Waals surface area contributed by atoms with Gasteiger partial charge in [-0.25, -0.2) is 0 Å². The van der Waals surface area contributed by atoms with Crippen molar-refractivity contribution in [2.45, 2.75) is 90.4 Å². The highest BCUT2D eigenvalue weighted by Gasteiger charge is 2.44. The van der Waals surface area contributed by atoms with Gasteiger partial charge in [0.15, 0.2) is 5.41 Å². The van der Waals surface area contributed by atoms with Gasteiger partial charge in [0, 0.05) is 6.42 Å². The minimum atomic E-state index is -1.30. The highest BCUT2D eigenvalue weighted by Crippen LogP contribution is 2.31. The predicted octanol–water partition coefficient (Wildman–Crippen LogP) is 5.51. The van der Waals surface area contributed by atoms with Crippen LogP contribution in [0, 0.1) is 5.41 Å². The van der Waals surface area contributed by atoms with Crippen molar-refractivity contribution in [3.8, 4) is 0 Å². The molecule has 4 heteroatoms. The molecule has 0 saturated carbocycles. The van der Waals surface area contributed by atoms with Gasteiger partial charge in [0.1, 0.15) is 0 Å². The summed E-state index contributed by atoms with van der Waals surface area (Å²) in [6, 6.07) is 0. The molecular weight excluding hydrogens is 328 g/mol. The predicted molar refractivity (Wildman–Crippen MR) is 104 cm³/mol. The van der Waals surface area contributed by atoms with Crippen LogP contribution in [-0.2, 0) is 19.1 Å². The Hall–Kier alpha value is -1.54. The fraction of sp³-hybridized carbons (Fsp3) is 0.773. The van der Waals surface area contributed by atoms with Gasteiger partial charge in [-0.15, -0.1) is 5.73 Å². The molecule has 1 rings (SSSR count). The normalized spacial score (nSPS) is 18.2. The SMILES string of the molecule is COC(=O)C(C)(CC1=C=CCCCCCCCCCCCC1)C(=O)OC. The van der Waals surface area contributed by atoms with E-state index in [9.17, 15) is 9.59 Å². The molecule has 0 heterocycles. The van der Waals surface area contributed by atoms with Gasteiger partial charge in [0.2, 0.25) is 0 Å². The molecule has 0 fully saturated rings. The topological polar surface area (TPSA) is 52.6 Å². The minimum absolute atomic E-state index is 0.308. The van der Waals surface area contributed by atoms with Gasteiger partial charge in [0.05, 0.1) is 14.2 Å². The van der Waals surface area contributed by atoms with Crippen molar-refractivity contribution >= 4 is 11.9 Å². The Balaban J connectivity index is 2.87. The Bertz CT molecular complexity index is 484. The molecule has 0 atom stereocenters. The van der Waals surface area contributed by atoms with Crippen LogP contribution in [0.4, 0.5) is 0 Å². The Morgan fingerprint density at radius 2 is 1.35 bits per heavy atom. The molecule has 1 aliphatic rings. The highest BCUT2D eigenvalue weighted by molar-refractivity contribution is 5.99. The molecule has 0 aliphatic heterocycles. The summed E-state index contributed by atoms with van der Waals surface area (Å²) in [5, 5.41) is 0. The number of hydrogen-bond acceptors (Lipinski definition) is 4. The van der Waals surface area contributed by atoms with Gasteiger partial charge < -0.3 is 9.47 Å². The standard InChI is InChI=1S/C22H36O4/c1-22(20(23)25-2,21(24)26-3)18-19-16-14-12-10-8-6-4-5-7-9-11-13-15-17-19/h14H,4-13,15,17-18H2,1-3H3. The molecule has 0 aromatic heterocycles. The van der Waals surface area contributed by atoms with E-state index >= 15 is 0 Å². The van der Waals surface area contributed by atoms with Crippen LogP contribution in [0.3, 0.4) is 0 Å². The summed E-state index contributed by atoms with van der Waals surface area (Å²) in [6.45, 7) is 1.61. The van der Waals surface area contributed by atoms with Crippen molar-refractivity contribution in [2.75, 3.05) is 14.2 Å². The van der Waals surface area contributed by atoms with Crippen molar-refractivity contribution in [1.82, 2.24) is 0 Å². The number of rotatable bonds is 4. The first-order valence-corrected chi connectivity index (χ1v) is 10.1. The van der Waals surface area contributed by atoms with Crippen LogP contribution < -0.4 is 0 Å². The third kappa shape index (κ3) is 7.78. The van der Waals surface area contributed by atoms with E-state index in [4.69, 9.17) is 9.47 Å². The Morgan fingerprint density at radius 1 is 0.885 bits per heavy atom. The molecule has 0 unspecified atom stereocenters. The van der Waals surface area contributed by atoms with Crippen molar-refractivity contribution in [3.05, 3.63) is 17.4 Å². The maximum Gasteiger partial charge on any atom is 0.323 e. The maximum absolute atomic E-state index is 12.2. The molecule has 4 nitrogen and oxygen atoms in total. The minimum Gasteiger partial charge on any atom is -0.468 e. The molecule has 0 aromatic rings. The van der Waals surface area contributed by atoms with Crippen LogP contribution in [0.5, 0.6) is 0 Å². The summed E-state index contributed by atoms with van der Waals surface area (Å²) in [5.41, 5.74) is 3.09. The van der Waals surface area contributed by atoms with E-state index in [1.807, 2.05) is 0 Å². The van der Waals surface area contributed by atoms with Crippen LogP contribution >= 0.6 is 0 Å². The zero-order chi connectivity index (χ0) is 19.3. The second-order valence-electron chi connectivity index (χ2n) is 7.52. The van der Waals surface area contributed by atoms with Crippen LogP contribution in [0.1, 0.15) is 90.4 Å². The lowest BCUT2D eigenvalue weighted by molar-refractivity contribution is -0.167. The molecule has 0 spiro atoms. The van der Waals surface area contributed by atoms with Crippen LogP contribution in [0.2, 0.25) is 0 Å². The average molecular weight is 365 g/mol. The largest absolute Gasteiger partial charge is 0.468 e. The first-order chi connectivity index (χ1) is 12.5. The number of allylic oxidation sites excluding steroid dienone is 1. The smallest absolute Gasteiger partial charge is 0.323 e. The van der Waals surface area contributed by atoms with Crippen molar-refractivity contribution < 1.29 is 19.1 Å². The maximum atomic E-state index is 12.2. The number of esters is 2. The van der Waals surface area contributed by atoms with E-state index in [2.05, 4.69) is 11.8 Å². The van der Waals surface area contributed by atoms with Gasteiger partial charge in [0.25, 0.3) is 0 Å². The lowest BCUT2D eigenvalue weighted by Crippen LogP contribution is -2.38. The fourth-order valence-electron chi connectivity index (χ4n) is 3.53. The monoisotopic (exact) mass is 364 g/mol. The lowest BCUT2D eigenvalue weighted by Gasteiger charge is -2.24. The van der Waals surface area contributed by atoms with E-state index in [0.29, 0.717) is 6.42 Å². The van der Waals surface area contributed by atoms with Gasteiger partial charge in [-0.1, -0.05) is 51.4 Å². The number of hydrogen-bond donors (Lipinski definition) is 0. The van der Waals surface area contributed by atoms with Crippen molar-refractivity contribution in [1.29, 1.82) is 0 Å². The second-order valence-corrected chi connectivity index (χ2v) is 7.52. The zero-order valence-electron chi connectivity index (χ0n) is 16.9. The van der Waals surface area contributed by atoms with E-state index in [1.54, 1.807) is 6.92 Å². The Labute approximate surface area is 159 Å². The van der Waals surface area contributed by atoms with E-state index in [1.165, 1.54) is 72.0 Å². The number of ether oxygens (including phenoxy) is 2. The molecule has 0 saturated heterocycles. The molecule has 1 aliphatic carbocycles. The first-order valence-electron chi connectivity index (χ1n) is 10.1. The van der Waals surface area contributed by atoms with Crippen LogP contribution in [0.25, 0.3) is 0 Å². The van der Waals surface area contributed by atoms with Crippen LogP contribution in [0.15, 0.2) is 17.4 Å². The lowest BCUT2D eigenvalue weighted by atomic mass is 9.82. The fourth-order valence-corrected chi connectivity index (χ4v) is 3.53. The third-order valence-electron chi connectivity index (χ3n) is 5.22. The molecule has 0 N–H and O–H groups in total. The molecule has 0 aromatic carbocycles. The van der Waals surface area contributed by atoms with Gasteiger partial charge in [-0.2, -0.15) is 0 Å². The highest BCUT2D eigenvalue weighted by atomic mass is 16.5. The van der Waals surface area contributed by atoms with E-state index in [-0.39, 0.29) is 0 Å². The average Bonchev–Trinajstić information content (AvgIpc) is 2.66. The molecule has 26 heavy (non-hydrogen) atoms. The summed E-state index contributed by atoms with van der Waals surface area (Å²) in [6.07, 6.45) is 16.8. The number of carbonyl (C=O) groups is 2. The summed E-state index contributed by atoms with van der Waals surface area (Å²) in [4.78, 5) is 24.5. The van der Waals surface area contributed by atoms with Crippen molar-refractivity contribution in [2.24, 2.45) is 5.41 Å². The molecular formula is C22H36O4. The summed E-state index contributed by atoms with van der Waals surface area (Å²) in [5.74, 6) is -1.09. The quantitative estimate of drug-likeness (QED) is 0.375. The van der Waals surface area contributed by atoms with Crippen molar-refractivity contribution in [3.63, 3.8) is 0 Å². The van der Waals surface area contributed by atoms with E-state index < -0.39 is 17.4 Å². The van der Waals surface area contributed by atoms with E-state index in [0.717, 1.165) is 24.8 Å². The third-order valence-corrected chi connectivity index (χ3v) is 5.22. The Morgan fingerprint density at radius 3 is 1.85 bits per heavy atom. The number of methoxy groups -OCH3 is 2. The second kappa shape index (κ2) is 12.8. The summed E-state index contributed by atoms with van der Waals surface area (Å²) < 4.78 is 9.74. The summed E-state index contributed by atoms with van der Waals surface area (Å²) in [7, 11) is 2.62. The first kappa shape index (κ1) is 22.5. The molecule has 0 radical (unpaired) electrons. The zero-order valence-corrected chi connectivity index (χ0v) is 16.9. The van der Waals surface area contributed by atoms with Crippen LogP contribution in [-0.4, -0.2) is 26.2 Å². The van der Waals surface area contributed by atoms with Gasteiger partial charge in [-0.3, -0.25) is 9.59 Å². The molecule has 0 amide bonds. The Kier molecular flexibility index (Phi) is 11.0. The summed E-state index contributed by atoms with van der Waals surface area (Å²) >= 11 is 0. The van der Waals surface area contributed by atoms with Gasteiger partial charge in [-0.05, 0) is 44.3 Å². The molecule has 148 valence electrons. The van der Waals surface area contributed by atoms with Gasteiger partial charge >= 0.3 is 11.9 Å².